The number of carbonyl (C=O) groups excluding carboxylic acids is 2. The van der Waals surface area contributed by atoms with Crippen molar-refractivity contribution in [3.05, 3.63) is 34.1 Å². The Morgan fingerprint density at radius 2 is 1.82 bits per heavy atom. The normalized spacial score (nSPS) is 29.4. The van der Waals surface area contributed by atoms with Crippen molar-refractivity contribution in [2.24, 2.45) is 22.8 Å². The number of primary amides is 1. The average Bonchev–Trinajstić information content (AvgIpc) is 3.17. The first kappa shape index (κ1) is 27.9. The zero-order chi connectivity index (χ0) is 28.1. The molecule has 9 nitrogen and oxygen atoms in total. The first-order valence-electron chi connectivity index (χ1n) is 13.9. The SMILES string of the molecule is CC1(C)CC2=C(C3CCCCC3N2c2cc(F)c(C(N)=O)c(NC3CCC(OC(=O)CN)CC3)c2)S(=O)(=O)C1. The van der Waals surface area contributed by atoms with Crippen molar-refractivity contribution in [3.8, 4) is 0 Å². The second kappa shape index (κ2) is 10.4. The Morgan fingerprint density at radius 1 is 1.13 bits per heavy atom. The standard InChI is InChI=1S/C28H39FN4O5S/c1-28(2)13-23-26(39(36,37)15-28)19-5-3-4-6-22(19)33(23)17-11-20(29)25(27(31)35)21(12-17)32-16-7-9-18(10-8-16)38-24(34)14-30/h11-12,16,18-19,22,32H,3-10,13-15,30H2,1-2H3,(H2,31,35). The lowest BCUT2D eigenvalue weighted by Crippen LogP contribution is -2.37. The highest BCUT2D eigenvalue weighted by molar-refractivity contribution is 7.95. The molecular weight excluding hydrogens is 523 g/mol. The Balaban J connectivity index is 1.49. The van der Waals surface area contributed by atoms with Crippen molar-refractivity contribution in [2.75, 3.05) is 22.5 Å². The Kier molecular flexibility index (Phi) is 7.43. The monoisotopic (exact) mass is 562 g/mol. The fraction of sp³-hybridized carbons (Fsp3) is 0.643. The van der Waals surface area contributed by atoms with Crippen LogP contribution in [-0.4, -0.2) is 50.8 Å². The van der Waals surface area contributed by atoms with Gasteiger partial charge in [-0.05, 0) is 62.5 Å². The fourth-order valence-electron chi connectivity index (χ4n) is 7.16. The summed E-state index contributed by atoms with van der Waals surface area (Å²) in [7, 11) is -3.45. The minimum absolute atomic E-state index is 0.0632. The summed E-state index contributed by atoms with van der Waals surface area (Å²) in [5.74, 6) is -2.03. The molecule has 5 rings (SSSR count). The van der Waals surface area contributed by atoms with Crippen LogP contribution in [-0.2, 0) is 19.4 Å². The first-order valence-corrected chi connectivity index (χ1v) is 15.6. The summed E-state index contributed by atoms with van der Waals surface area (Å²) in [5.41, 5.74) is 11.9. The number of rotatable bonds is 6. The highest BCUT2D eigenvalue weighted by Gasteiger charge is 2.52. The minimum Gasteiger partial charge on any atom is -0.461 e. The molecule has 2 atom stereocenters. The summed E-state index contributed by atoms with van der Waals surface area (Å²) in [6.07, 6.45) is 6.49. The van der Waals surface area contributed by atoms with Crippen LogP contribution in [0, 0.1) is 17.2 Å². The van der Waals surface area contributed by atoms with Crippen molar-refractivity contribution in [1.82, 2.24) is 0 Å². The van der Waals surface area contributed by atoms with Crippen LogP contribution in [0.25, 0.3) is 0 Å². The second-order valence-corrected chi connectivity index (χ2v) is 14.2. The van der Waals surface area contributed by atoms with Crippen LogP contribution in [0.5, 0.6) is 0 Å². The van der Waals surface area contributed by atoms with Gasteiger partial charge in [0.15, 0.2) is 9.84 Å². The van der Waals surface area contributed by atoms with Gasteiger partial charge in [-0.25, -0.2) is 12.8 Å². The smallest absolute Gasteiger partial charge is 0.319 e. The molecule has 0 saturated heterocycles. The van der Waals surface area contributed by atoms with E-state index in [0.717, 1.165) is 31.4 Å². The molecule has 214 valence electrons. The third-order valence-electron chi connectivity index (χ3n) is 8.63. The van der Waals surface area contributed by atoms with Crippen LogP contribution in [0.15, 0.2) is 22.7 Å². The van der Waals surface area contributed by atoms with E-state index in [4.69, 9.17) is 16.2 Å². The lowest BCUT2D eigenvalue weighted by Gasteiger charge is -2.37. The number of halogens is 1. The maximum absolute atomic E-state index is 15.6. The van der Waals surface area contributed by atoms with E-state index < -0.39 is 32.9 Å². The van der Waals surface area contributed by atoms with Crippen LogP contribution in [0.2, 0.25) is 0 Å². The van der Waals surface area contributed by atoms with E-state index in [1.807, 2.05) is 18.7 Å². The number of esters is 1. The lowest BCUT2D eigenvalue weighted by molar-refractivity contribution is -0.148. The summed E-state index contributed by atoms with van der Waals surface area (Å²) in [4.78, 5) is 26.4. The maximum atomic E-state index is 15.6. The van der Waals surface area contributed by atoms with Gasteiger partial charge in [0, 0.05) is 29.4 Å². The third kappa shape index (κ3) is 5.39. The summed E-state index contributed by atoms with van der Waals surface area (Å²) < 4.78 is 47.9. The molecule has 2 aliphatic carbocycles. The molecule has 1 aromatic rings. The van der Waals surface area contributed by atoms with E-state index in [1.165, 1.54) is 6.07 Å². The lowest BCUT2D eigenvalue weighted by atomic mass is 9.85. The molecule has 4 aliphatic rings. The van der Waals surface area contributed by atoms with Gasteiger partial charge in [-0.2, -0.15) is 0 Å². The average molecular weight is 563 g/mol. The van der Waals surface area contributed by atoms with Gasteiger partial charge in [-0.1, -0.05) is 26.7 Å². The van der Waals surface area contributed by atoms with E-state index in [2.05, 4.69) is 5.32 Å². The molecule has 11 heteroatoms. The fourth-order valence-corrected chi connectivity index (χ4v) is 9.71. The highest BCUT2D eigenvalue weighted by atomic mass is 32.2. The number of ether oxygens (including phenoxy) is 1. The molecule has 2 heterocycles. The number of nitrogens with two attached hydrogens (primary N) is 2. The van der Waals surface area contributed by atoms with Gasteiger partial charge in [-0.15, -0.1) is 0 Å². The van der Waals surface area contributed by atoms with Crippen molar-refractivity contribution in [2.45, 2.75) is 89.8 Å². The molecule has 1 aromatic carbocycles. The molecular formula is C28H39FN4O5S. The molecule has 1 amide bonds. The van der Waals surface area contributed by atoms with Gasteiger partial charge in [0.05, 0.1) is 28.5 Å². The maximum Gasteiger partial charge on any atom is 0.319 e. The molecule has 39 heavy (non-hydrogen) atoms. The van der Waals surface area contributed by atoms with E-state index in [-0.39, 0.29) is 42.0 Å². The van der Waals surface area contributed by atoms with E-state index >= 15 is 4.39 Å². The largest absolute Gasteiger partial charge is 0.461 e. The molecule has 0 aromatic heterocycles. The first-order chi connectivity index (χ1) is 18.4. The number of carbonyl (C=O) groups is 2. The predicted octanol–water partition coefficient (Wildman–Crippen LogP) is 3.58. The van der Waals surface area contributed by atoms with Crippen molar-refractivity contribution < 1.29 is 27.1 Å². The number of allylic oxidation sites excluding steroid dienone is 1. The Bertz CT molecular complexity index is 1300. The number of nitrogens with one attached hydrogen (secondary N) is 1. The summed E-state index contributed by atoms with van der Waals surface area (Å²) >= 11 is 0. The van der Waals surface area contributed by atoms with Gasteiger partial charge in [0.25, 0.3) is 5.91 Å². The van der Waals surface area contributed by atoms with E-state index in [9.17, 15) is 18.0 Å². The van der Waals surface area contributed by atoms with Gasteiger partial charge < -0.3 is 26.4 Å². The van der Waals surface area contributed by atoms with Crippen LogP contribution < -0.4 is 21.7 Å². The number of fused-ring (bicyclic) bond motifs is 2. The zero-order valence-electron chi connectivity index (χ0n) is 22.7. The van der Waals surface area contributed by atoms with Crippen LogP contribution in [0.4, 0.5) is 15.8 Å². The van der Waals surface area contributed by atoms with Gasteiger partial charge >= 0.3 is 5.97 Å². The number of hydrogen-bond acceptors (Lipinski definition) is 8. The van der Waals surface area contributed by atoms with Crippen LogP contribution in [0.3, 0.4) is 0 Å². The Morgan fingerprint density at radius 3 is 2.49 bits per heavy atom. The minimum atomic E-state index is -3.45. The molecule has 2 unspecified atom stereocenters. The van der Waals surface area contributed by atoms with Gasteiger partial charge in [0.1, 0.15) is 11.9 Å². The van der Waals surface area contributed by atoms with Gasteiger partial charge in [-0.3, -0.25) is 9.59 Å². The van der Waals surface area contributed by atoms with Crippen molar-refractivity contribution in [3.63, 3.8) is 0 Å². The van der Waals surface area contributed by atoms with E-state index in [1.54, 1.807) is 6.07 Å². The van der Waals surface area contributed by atoms with Crippen molar-refractivity contribution in [1.29, 1.82) is 0 Å². The predicted molar refractivity (Wildman–Crippen MR) is 147 cm³/mol. The molecule has 2 saturated carbocycles. The van der Waals surface area contributed by atoms with Crippen LogP contribution >= 0.6 is 0 Å². The quantitative estimate of drug-likeness (QED) is 0.446. The highest BCUT2D eigenvalue weighted by Crippen LogP contribution is 2.53. The number of nitrogens with zero attached hydrogens (tertiary/aromatic N) is 1. The summed E-state index contributed by atoms with van der Waals surface area (Å²) in [6, 6.07) is 2.94. The second-order valence-electron chi connectivity index (χ2n) is 12.3. The molecule has 2 aliphatic heterocycles. The zero-order valence-corrected chi connectivity index (χ0v) is 23.5. The number of anilines is 2. The number of benzene rings is 1. The Labute approximate surface area is 229 Å². The van der Waals surface area contributed by atoms with Crippen LogP contribution in [0.1, 0.15) is 82.0 Å². The topological polar surface area (TPSA) is 145 Å². The number of amides is 1. The molecule has 2 fully saturated rings. The number of hydrogen-bond donors (Lipinski definition) is 3. The summed E-state index contributed by atoms with van der Waals surface area (Å²) in [5, 5.41) is 3.33. The van der Waals surface area contributed by atoms with Crippen molar-refractivity contribution >= 4 is 33.1 Å². The summed E-state index contributed by atoms with van der Waals surface area (Å²) in [6.45, 7) is 3.75. The molecule has 5 N–H and O–H groups in total. The molecule has 0 spiro atoms. The molecule has 0 bridgehead atoms. The third-order valence-corrected chi connectivity index (χ3v) is 11.0. The van der Waals surface area contributed by atoms with Gasteiger partial charge in [0.2, 0.25) is 0 Å². The van der Waals surface area contributed by atoms with E-state index in [0.29, 0.717) is 48.4 Å². The number of sulfone groups is 1. The molecule has 0 radical (unpaired) electrons. The Hall–Kier alpha value is -2.66.